The van der Waals surface area contributed by atoms with Gasteiger partial charge in [-0.2, -0.15) is 0 Å². The molecule has 1 aliphatic carbocycles. The number of hydrogen-bond donors (Lipinski definition) is 2. The van der Waals surface area contributed by atoms with Crippen LogP contribution in [0.25, 0.3) is 0 Å². The maximum Gasteiger partial charge on any atom is 0.326 e. The van der Waals surface area contributed by atoms with Crippen molar-refractivity contribution in [3.8, 4) is 11.5 Å². The van der Waals surface area contributed by atoms with E-state index >= 15 is 0 Å². The highest BCUT2D eigenvalue weighted by molar-refractivity contribution is 9.10. The molecule has 120 valence electrons. The molecular formula is C15H18BrNO5. The first kappa shape index (κ1) is 16.6. The quantitative estimate of drug-likeness (QED) is 0.768. The molecular weight excluding hydrogens is 354 g/mol. The van der Waals surface area contributed by atoms with Crippen LogP contribution in [0.3, 0.4) is 0 Å². The van der Waals surface area contributed by atoms with Crippen molar-refractivity contribution in [2.24, 2.45) is 5.92 Å². The highest BCUT2D eigenvalue weighted by Gasteiger charge is 2.37. The number of rotatable bonds is 7. The molecule has 1 unspecified atom stereocenters. The summed E-state index contributed by atoms with van der Waals surface area (Å²) in [4.78, 5) is 23.5. The normalized spacial score (nSPS) is 15.0. The van der Waals surface area contributed by atoms with Crippen LogP contribution in [-0.4, -0.2) is 36.7 Å². The lowest BCUT2D eigenvalue weighted by Crippen LogP contribution is -2.42. The number of methoxy groups -OCH3 is 1. The Morgan fingerprint density at radius 2 is 2.14 bits per heavy atom. The van der Waals surface area contributed by atoms with Gasteiger partial charge in [-0.05, 0) is 53.7 Å². The van der Waals surface area contributed by atoms with Gasteiger partial charge in [0.2, 0.25) is 0 Å². The number of aliphatic carboxylic acids is 1. The fraction of sp³-hybridized carbons (Fsp3) is 0.467. The number of halogens is 1. The number of carboxylic acid groups (broad SMARTS) is 1. The molecule has 1 aliphatic rings. The molecule has 2 N–H and O–H groups in total. The standard InChI is InChI=1S/C15H18BrNO5/c1-3-22-13-10(16)6-9(7-11(13)21-2)14(18)17-12(15(19)20)8-4-5-8/h6-8,12H,3-5H2,1-2H3,(H,17,18)(H,19,20). The summed E-state index contributed by atoms with van der Waals surface area (Å²) >= 11 is 3.34. The zero-order valence-corrected chi connectivity index (χ0v) is 14.0. The molecule has 1 atom stereocenters. The molecule has 1 aromatic carbocycles. The van der Waals surface area contributed by atoms with Gasteiger partial charge < -0.3 is 19.9 Å². The van der Waals surface area contributed by atoms with Gasteiger partial charge in [-0.3, -0.25) is 4.79 Å². The van der Waals surface area contributed by atoms with Gasteiger partial charge in [0.15, 0.2) is 11.5 Å². The lowest BCUT2D eigenvalue weighted by molar-refractivity contribution is -0.139. The van der Waals surface area contributed by atoms with Crippen LogP contribution in [0.15, 0.2) is 16.6 Å². The van der Waals surface area contributed by atoms with E-state index in [2.05, 4.69) is 21.2 Å². The number of amides is 1. The molecule has 0 saturated heterocycles. The summed E-state index contributed by atoms with van der Waals surface area (Å²) in [6, 6.07) is 2.29. The third kappa shape index (κ3) is 3.71. The number of ether oxygens (including phenoxy) is 2. The number of carbonyl (C=O) groups excluding carboxylic acids is 1. The minimum absolute atomic E-state index is 0.0227. The zero-order chi connectivity index (χ0) is 16.3. The summed E-state index contributed by atoms with van der Waals surface area (Å²) in [6.07, 6.45) is 1.65. The summed E-state index contributed by atoms with van der Waals surface area (Å²) in [7, 11) is 1.48. The van der Waals surface area contributed by atoms with Crippen molar-refractivity contribution in [1.29, 1.82) is 0 Å². The van der Waals surface area contributed by atoms with E-state index in [-0.39, 0.29) is 5.92 Å². The van der Waals surface area contributed by atoms with Crippen molar-refractivity contribution >= 4 is 27.8 Å². The number of carbonyl (C=O) groups is 2. The second kappa shape index (κ2) is 7.00. The molecule has 0 spiro atoms. The fourth-order valence-corrected chi connectivity index (χ4v) is 2.73. The van der Waals surface area contributed by atoms with E-state index in [1.165, 1.54) is 13.2 Å². The summed E-state index contributed by atoms with van der Waals surface area (Å²) in [5.41, 5.74) is 0.319. The Morgan fingerprint density at radius 1 is 1.45 bits per heavy atom. The van der Waals surface area contributed by atoms with Gasteiger partial charge in [0.1, 0.15) is 6.04 Å². The molecule has 0 aromatic heterocycles. The van der Waals surface area contributed by atoms with Crippen molar-refractivity contribution in [3.63, 3.8) is 0 Å². The first-order valence-corrected chi connectivity index (χ1v) is 7.81. The van der Waals surface area contributed by atoms with Crippen LogP contribution in [0.2, 0.25) is 0 Å². The largest absolute Gasteiger partial charge is 0.493 e. The van der Waals surface area contributed by atoms with Gasteiger partial charge >= 0.3 is 5.97 Å². The number of benzene rings is 1. The van der Waals surface area contributed by atoms with E-state index < -0.39 is 17.9 Å². The van der Waals surface area contributed by atoms with Gasteiger partial charge in [0, 0.05) is 5.56 Å². The number of hydrogen-bond acceptors (Lipinski definition) is 4. The Kier molecular flexibility index (Phi) is 5.28. The summed E-state index contributed by atoms with van der Waals surface area (Å²) in [6.45, 7) is 2.31. The number of carboxylic acids is 1. The highest BCUT2D eigenvalue weighted by atomic mass is 79.9. The predicted molar refractivity (Wildman–Crippen MR) is 83.5 cm³/mol. The van der Waals surface area contributed by atoms with E-state index in [0.29, 0.717) is 28.1 Å². The second-order valence-corrected chi connectivity index (χ2v) is 5.90. The maximum atomic E-state index is 12.3. The van der Waals surface area contributed by atoms with Crippen molar-refractivity contribution in [2.75, 3.05) is 13.7 Å². The van der Waals surface area contributed by atoms with Gasteiger partial charge in [-0.15, -0.1) is 0 Å². The lowest BCUT2D eigenvalue weighted by Gasteiger charge is -2.16. The molecule has 6 nitrogen and oxygen atoms in total. The van der Waals surface area contributed by atoms with Gasteiger partial charge in [0.25, 0.3) is 5.91 Å². The molecule has 0 aliphatic heterocycles. The summed E-state index contributed by atoms with van der Waals surface area (Å²) < 4.78 is 11.3. The Hall–Kier alpha value is -1.76. The average molecular weight is 372 g/mol. The molecule has 7 heteroatoms. The van der Waals surface area contributed by atoms with E-state index in [1.54, 1.807) is 6.07 Å². The van der Waals surface area contributed by atoms with E-state index in [4.69, 9.17) is 9.47 Å². The third-order valence-corrected chi connectivity index (χ3v) is 4.02. The van der Waals surface area contributed by atoms with Crippen LogP contribution < -0.4 is 14.8 Å². The first-order chi connectivity index (χ1) is 10.5. The van der Waals surface area contributed by atoms with Crippen LogP contribution in [0.5, 0.6) is 11.5 Å². The average Bonchev–Trinajstić information content (AvgIpc) is 3.30. The smallest absolute Gasteiger partial charge is 0.326 e. The molecule has 2 rings (SSSR count). The van der Waals surface area contributed by atoms with Crippen LogP contribution in [-0.2, 0) is 4.79 Å². The molecule has 1 fully saturated rings. The summed E-state index contributed by atoms with van der Waals surface area (Å²) in [5, 5.41) is 11.7. The van der Waals surface area contributed by atoms with Crippen LogP contribution in [0.1, 0.15) is 30.1 Å². The fourth-order valence-electron chi connectivity index (χ4n) is 2.17. The second-order valence-electron chi connectivity index (χ2n) is 5.05. The van der Waals surface area contributed by atoms with E-state index in [0.717, 1.165) is 12.8 Å². The molecule has 1 saturated carbocycles. The Labute approximate surface area is 136 Å². The van der Waals surface area contributed by atoms with Gasteiger partial charge in [-0.25, -0.2) is 4.79 Å². The Balaban J connectivity index is 2.22. The third-order valence-electron chi connectivity index (χ3n) is 3.43. The topological polar surface area (TPSA) is 84.9 Å². The van der Waals surface area contributed by atoms with Crippen molar-refractivity contribution in [2.45, 2.75) is 25.8 Å². The number of nitrogens with one attached hydrogen (secondary N) is 1. The SMILES string of the molecule is CCOc1c(Br)cc(C(=O)NC(C(=O)O)C2CC2)cc1OC. The maximum absolute atomic E-state index is 12.3. The Bertz CT molecular complexity index is 586. The molecule has 0 bridgehead atoms. The van der Waals surface area contributed by atoms with E-state index in [1.807, 2.05) is 6.92 Å². The molecule has 0 radical (unpaired) electrons. The monoisotopic (exact) mass is 371 g/mol. The zero-order valence-electron chi connectivity index (χ0n) is 12.4. The van der Waals surface area contributed by atoms with Gasteiger partial charge in [0.05, 0.1) is 18.2 Å². The summed E-state index contributed by atoms with van der Waals surface area (Å²) in [5.74, 6) is -0.498. The van der Waals surface area contributed by atoms with Crippen molar-refractivity contribution in [1.82, 2.24) is 5.32 Å². The van der Waals surface area contributed by atoms with Gasteiger partial charge in [-0.1, -0.05) is 0 Å². The minimum atomic E-state index is -1.01. The first-order valence-electron chi connectivity index (χ1n) is 7.01. The molecule has 22 heavy (non-hydrogen) atoms. The molecule has 1 amide bonds. The van der Waals surface area contributed by atoms with Crippen molar-refractivity contribution < 1.29 is 24.2 Å². The van der Waals surface area contributed by atoms with E-state index in [9.17, 15) is 14.7 Å². The Morgan fingerprint density at radius 3 is 2.64 bits per heavy atom. The van der Waals surface area contributed by atoms with Crippen LogP contribution in [0.4, 0.5) is 0 Å². The minimum Gasteiger partial charge on any atom is -0.493 e. The highest BCUT2D eigenvalue weighted by Crippen LogP contribution is 2.37. The lowest BCUT2D eigenvalue weighted by atomic mass is 10.1. The van der Waals surface area contributed by atoms with Crippen LogP contribution in [0, 0.1) is 5.92 Å². The molecule has 0 heterocycles. The molecule has 1 aromatic rings. The predicted octanol–water partition coefficient (Wildman–Crippen LogP) is 2.45. The van der Waals surface area contributed by atoms with Crippen LogP contribution >= 0.6 is 15.9 Å². The van der Waals surface area contributed by atoms with Crippen molar-refractivity contribution in [3.05, 3.63) is 22.2 Å².